The second-order valence-electron chi connectivity index (χ2n) is 3.41. The summed E-state index contributed by atoms with van der Waals surface area (Å²) in [7, 11) is 0. The molecule has 5 heteroatoms. The number of H-pyrrole nitrogens is 1. The number of nitrogens with one attached hydrogen (secondary N) is 1. The van der Waals surface area contributed by atoms with Gasteiger partial charge in [0, 0.05) is 0 Å². The zero-order valence-corrected chi connectivity index (χ0v) is 8.01. The van der Waals surface area contributed by atoms with Gasteiger partial charge in [-0.1, -0.05) is 12.8 Å². The van der Waals surface area contributed by atoms with Crippen LogP contribution in [0.2, 0.25) is 0 Å². The van der Waals surface area contributed by atoms with Crippen molar-refractivity contribution in [2.45, 2.75) is 37.7 Å². The standard InChI is InChI=1S/C8H12N2O2S/c11-6-4-2-1-3-5(6)7-9-10-8(13)12-7/h5-6,11H,1-4H2,(H,10,13)/t5-,6+/m0/s1. The fourth-order valence-electron chi connectivity index (χ4n) is 1.80. The number of aromatic amines is 1. The summed E-state index contributed by atoms with van der Waals surface area (Å²) in [6.45, 7) is 0. The van der Waals surface area contributed by atoms with Crippen molar-refractivity contribution in [3.63, 3.8) is 0 Å². The first-order chi connectivity index (χ1) is 6.27. The minimum Gasteiger partial charge on any atom is -0.414 e. The first-order valence-corrected chi connectivity index (χ1v) is 4.91. The molecule has 72 valence electrons. The summed E-state index contributed by atoms with van der Waals surface area (Å²) in [5.74, 6) is 0.582. The van der Waals surface area contributed by atoms with E-state index in [0.717, 1.165) is 25.7 Å². The Labute approximate surface area is 81.0 Å². The van der Waals surface area contributed by atoms with Gasteiger partial charge in [0.2, 0.25) is 5.89 Å². The molecule has 1 aliphatic carbocycles. The van der Waals surface area contributed by atoms with Crippen LogP contribution in [0, 0.1) is 4.84 Å². The second kappa shape index (κ2) is 3.59. The van der Waals surface area contributed by atoms with E-state index in [1.807, 2.05) is 0 Å². The zero-order chi connectivity index (χ0) is 9.26. The molecule has 4 nitrogen and oxygen atoms in total. The van der Waals surface area contributed by atoms with E-state index in [0.29, 0.717) is 5.89 Å². The maximum Gasteiger partial charge on any atom is 0.284 e. The quantitative estimate of drug-likeness (QED) is 0.678. The third-order valence-electron chi connectivity index (χ3n) is 2.50. The molecule has 0 spiro atoms. The fourth-order valence-corrected chi connectivity index (χ4v) is 1.93. The van der Waals surface area contributed by atoms with Crippen molar-refractivity contribution >= 4 is 12.2 Å². The summed E-state index contributed by atoms with van der Waals surface area (Å²) in [4.78, 5) is 0.285. The van der Waals surface area contributed by atoms with Crippen LogP contribution in [0.1, 0.15) is 37.5 Å². The van der Waals surface area contributed by atoms with E-state index in [2.05, 4.69) is 10.2 Å². The monoisotopic (exact) mass is 200 g/mol. The van der Waals surface area contributed by atoms with Crippen LogP contribution in [-0.4, -0.2) is 21.4 Å². The highest BCUT2D eigenvalue weighted by Crippen LogP contribution is 2.31. The van der Waals surface area contributed by atoms with Gasteiger partial charge in [-0.05, 0) is 25.1 Å². The first kappa shape index (κ1) is 8.90. The van der Waals surface area contributed by atoms with E-state index in [1.165, 1.54) is 0 Å². The molecule has 2 atom stereocenters. The molecule has 0 aliphatic heterocycles. The van der Waals surface area contributed by atoms with Crippen LogP contribution in [0.15, 0.2) is 4.42 Å². The van der Waals surface area contributed by atoms with Gasteiger partial charge in [-0.2, -0.15) is 0 Å². The van der Waals surface area contributed by atoms with Crippen molar-refractivity contribution in [1.82, 2.24) is 10.2 Å². The van der Waals surface area contributed by atoms with E-state index >= 15 is 0 Å². The highest BCUT2D eigenvalue weighted by molar-refractivity contribution is 7.71. The maximum atomic E-state index is 9.68. The van der Waals surface area contributed by atoms with Crippen LogP contribution in [0.3, 0.4) is 0 Å². The maximum absolute atomic E-state index is 9.68. The minimum atomic E-state index is -0.324. The number of aliphatic hydroxyl groups excluding tert-OH is 1. The normalized spacial score (nSPS) is 29.0. The predicted octanol–water partition coefficient (Wildman–Crippen LogP) is 1.75. The Bertz CT molecular complexity index is 333. The summed E-state index contributed by atoms with van der Waals surface area (Å²) >= 11 is 4.77. The average molecular weight is 200 g/mol. The van der Waals surface area contributed by atoms with E-state index in [-0.39, 0.29) is 16.9 Å². The van der Waals surface area contributed by atoms with Crippen molar-refractivity contribution in [3.05, 3.63) is 10.7 Å². The van der Waals surface area contributed by atoms with Crippen molar-refractivity contribution in [2.75, 3.05) is 0 Å². The summed E-state index contributed by atoms with van der Waals surface area (Å²) < 4.78 is 5.18. The van der Waals surface area contributed by atoms with Gasteiger partial charge >= 0.3 is 0 Å². The molecular formula is C8H12N2O2S. The highest BCUT2D eigenvalue weighted by Gasteiger charge is 2.28. The highest BCUT2D eigenvalue weighted by atomic mass is 32.1. The Balaban J connectivity index is 2.19. The van der Waals surface area contributed by atoms with E-state index in [1.54, 1.807) is 0 Å². The molecule has 1 heterocycles. The van der Waals surface area contributed by atoms with Gasteiger partial charge in [0.1, 0.15) is 0 Å². The van der Waals surface area contributed by atoms with E-state index in [9.17, 15) is 5.11 Å². The number of nitrogens with zero attached hydrogens (tertiary/aromatic N) is 1. The van der Waals surface area contributed by atoms with Gasteiger partial charge < -0.3 is 9.52 Å². The number of rotatable bonds is 1. The number of hydrogen-bond donors (Lipinski definition) is 2. The molecule has 1 aliphatic rings. The lowest BCUT2D eigenvalue weighted by Crippen LogP contribution is -2.22. The smallest absolute Gasteiger partial charge is 0.284 e. The molecule has 0 bridgehead atoms. The molecule has 1 aromatic rings. The molecule has 1 fully saturated rings. The van der Waals surface area contributed by atoms with E-state index < -0.39 is 0 Å². The Morgan fingerprint density at radius 3 is 2.85 bits per heavy atom. The molecule has 0 radical (unpaired) electrons. The molecule has 0 unspecified atom stereocenters. The summed E-state index contributed by atoms with van der Waals surface area (Å²) in [5, 5.41) is 16.2. The fraction of sp³-hybridized carbons (Fsp3) is 0.750. The van der Waals surface area contributed by atoms with Gasteiger partial charge in [0.05, 0.1) is 12.0 Å². The van der Waals surface area contributed by atoms with Crippen LogP contribution < -0.4 is 0 Å². The van der Waals surface area contributed by atoms with Crippen LogP contribution in [-0.2, 0) is 0 Å². The third-order valence-corrected chi connectivity index (χ3v) is 2.68. The van der Waals surface area contributed by atoms with Crippen LogP contribution >= 0.6 is 12.2 Å². The third kappa shape index (κ3) is 1.81. The molecule has 13 heavy (non-hydrogen) atoms. The summed E-state index contributed by atoms with van der Waals surface area (Å²) in [5.41, 5.74) is 0. The lowest BCUT2D eigenvalue weighted by Gasteiger charge is -2.24. The molecule has 2 N–H and O–H groups in total. The van der Waals surface area contributed by atoms with Crippen molar-refractivity contribution < 1.29 is 9.52 Å². The SMILES string of the molecule is O[C@@H]1CCCC[C@@H]1c1n[nH]c(=S)o1. The van der Waals surface area contributed by atoms with Gasteiger partial charge in [0.15, 0.2) is 0 Å². The Kier molecular flexibility index (Phi) is 2.46. The van der Waals surface area contributed by atoms with Gasteiger partial charge in [-0.3, -0.25) is 0 Å². The lowest BCUT2D eigenvalue weighted by molar-refractivity contribution is 0.0938. The predicted molar refractivity (Wildman–Crippen MR) is 48.9 cm³/mol. The number of aliphatic hydroxyl groups is 1. The van der Waals surface area contributed by atoms with Gasteiger partial charge in [0.25, 0.3) is 4.84 Å². The second-order valence-corrected chi connectivity index (χ2v) is 3.78. The topological polar surface area (TPSA) is 62.1 Å². The molecule has 1 aromatic heterocycles. The summed E-state index contributed by atoms with van der Waals surface area (Å²) in [6.07, 6.45) is 3.65. The minimum absolute atomic E-state index is 0.0294. The molecule has 1 saturated carbocycles. The molecule has 0 saturated heterocycles. The van der Waals surface area contributed by atoms with Crippen molar-refractivity contribution in [2.24, 2.45) is 0 Å². The largest absolute Gasteiger partial charge is 0.414 e. The molecule has 2 rings (SSSR count). The Morgan fingerprint density at radius 1 is 1.46 bits per heavy atom. The van der Waals surface area contributed by atoms with Gasteiger partial charge in [-0.15, -0.1) is 5.10 Å². The molecular weight excluding hydrogens is 188 g/mol. The average Bonchev–Trinajstić information content (AvgIpc) is 2.53. The lowest BCUT2D eigenvalue weighted by atomic mass is 9.86. The van der Waals surface area contributed by atoms with Crippen LogP contribution in [0.5, 0.6) is 0 Å². The molecule has 0 amide bonds. The Morgan fingerprint density at radius 2 is 2.23 bits per heavy atom. The van der Waals surface area contributed by atoms with Crippen LogP contribution in [0.25, 0.3) is 0 Å². The van der Waals surface area contributed by atoms with Crippen molar-refractivity contribution in [3.8, 4) is 0 Å². The Hall–Kier alpha value is -0.680. The number of hydrogen-bond acceptors (Lipinski definition) is 4. The zero-order valence-electron chi connectivity index (χ0n) is 7.19. The van der Waals surface area contributed by atoms with Crippen LogP contribution in [0.4, 0.5) is 0 Å². The van der Waals surface area contributed by atoms with Crippen molar-refractivity contribution in [1.29, 1.82) is 0 Å². The summed E-state index contributed by atoms with van der Waals surface area (Å²) in [6, 6.07) is 0. The number of aromatic nitrogens is 2. The van der Waals surface area contributed by atoms with Gasteiger partial charge in [-0.25, -0.2) is 5.10 Å². The first-order valence-electron chi connectivity index (χ1n) is 4.51. The molecule has 0 aromatic carbocycles. The van der Waals surface area contributed by atoms with E-state index in [4.69, 9.17) is 16.6 Å².